The number of nitrogen functional groups attached to an aromatic ring is 1. The predicted molar refractivity (Wildman–Crippen MR) is 108 cm³/mol. The Morgan fingerprint density at radius 1 is 1.33 bits per heavy atom. The van der Waals surface area contributed by atoms with Gasteiger partial charge in [0.2, 0.25) is 5.91 Å². The number of esters is 1. The van der Waals surface area contributed by atoms with Crippen LogP contribution in [0.15, 0.2) is 9.95 Å². The molecule has 0 aliphatic heterocycles. The molecule has 1 amide bonds. The summed E-state index contributed by atoms with van der Waals surface area (Å²) in [6.07, 6.45) is 0.574. The number of aromatic nitrogens is 2. The zero-order chi connectivity index (χ0) is 20.3. The normalized spacial score (nSPS) is 12.2. The lowest BCUT2D eigenvalue weighted by molar-refractivity contribution is -0.130. The largest absolute Gasteiger partial charge is 0.465 e. The fraction of sp³-hybridized carbons (Fsp3) is 0.529. The molecule has 0 saturated carbocycles. The Balaban J connectivity index is 2.50. The maximum atomic E-state index is 12.7. The Morgan fingerprint density at radius 3 is 2.48 bits per heavy atom. The van der Waals surface area contributed by atoms with Gasteiger partial charge in [0.1, 0.15) is 9.71 Å². The van der Waals surface area contributed by atoms with Crippen LogP contribution in [0.1, 0.15) is 42.4 Å². The topological polar surface area (TPSA) is 108 Å². The van der Waals surface area contributed by atoms with Gasteiger partial charge in [-0.15, -0.1) is 11.3 Å². The van der Waals surface area contributed by atoms with Crippen molar-refractivity contribution in [3.8, 4) is 0 Å². The number of rotatable bonds is 7. The van der Waals surface area contributed by atoms with Crippen LogP contribution in [0.5, 0.6) is 0 Å². The molecular weight excluding hydrogens is 388 g/mol. The van der Waals surface area contributed by atoms with Crippen molar-refractivity contribution in [3.63, 3.8) is 0 Å². The van der Waals surface area contributed by atoms with Crippen molar-refractivity contribution in [2.75, 3.05) is 26.0 Å². The quantitative estimate of drug-likeness (QED) is 0.321. The van der Waals surface area contributed by atoms with Crippen LogP contribution in [0.2, 0.25) is 0 Å². The van der Waals surface area contributed by atoms with Gasteiger partial charge in [0.05, 0.1) is 17.7 Å². The highest BCUT2D eigenvalue weighted by molar-refractivity contribution is 8.00. The van der Waals surface area contributed by atoms with E-state index in [1.54, 1.807) is 11.8 Å². The molecule has 0 bridgehead atoms. The van der Waals surface area contributed by atoms with E-state index in [1.165, 1.54) is 18.9 Å². The summed E-state index contributed by atoms with van der Waals surface area (Å²) in [7, 11) is 1.28. The molecule has 0 aromatic carbocycles. The molecule has 27 heavy (non-hydrogen) atoms. The Labute approximate surface area is 165 Å². The number of methoxy groups -OCH3 is 1. The standard InChI is InChI=1S/C17H24N4O4S2/c1-6-10(14(22)20(7-2)8-3)26-17-19-13-11(15(23)21(17)18)9(4)12(27-13)16(24)25-5/h10H,6-8,18H2,1-5H3/t10-/m1/s1. The van der Waals surface area contributed by atoms with Crippen LogP contribution in [-0.2, 0) is 9.53 Å². The van der Waals surface area contributed by atoms with Gasteiger partial charge in [-0.05, 0) is 32.8 Å². The summed E-state index contributed by atoms with van der Waals surface area (Å²) in [6.45, 7) is 8.64. The smallest absolute Gasteiger partial charge is 0.348 e. The minimum Gasteiger partial charge on any atom is -0.465 e. The molecule has 2 rings (SSSR count). The van der Waals surface area contributed by atoms with Gasteiger partial charge < -0.3 is 15.5 Å². The van der Waals surface area contributed by atoms with Crippen LogP contribution in [-0.4, -0.2) is 51.9 Å². The molecule has 0 spiro atoms. The van der Waals surface area contributed by atoms with E-state index in [-0.39, 0.29) is 11.1 Å². The van der Waals surface area contributed by atoms with E-state index in [0.29, 0.717) is 40.2 Å². The fourth-order valence-corrected chi connectivity index (χ4v) is 4.88. The number of nitrogens with zero attached hydrogens (tertiary/aromatic N) is 3. The summed E-state index contributed by atoms with van der Waals surface area (Å²) < 4.78 is 5.71. The summed E-state index contributed by atoms with van der Waals surface area (Å²) in [5.74, 6) is 5.43. The van der Waals surface area contributed by atoms with Crippen LogP contribution in [0.4, 0.5) is 0 Å². The molecule has 0 aliphatic rings. The monoisotopic (exact) mass is 412 g/mol. The number of hydrogen-bond acceptors (Lipinski definition) is 8. The number of ether oxygens (including phenoxy) is 1. The van der Waals surface area contributed by atoms with Crippen LogP contribution in [0.25, 0.3) is 10.2 Å². The lowest BCUT2D eigenvalue weighted by atomic mass is 10.2. The van der Waals surface area contributed by atoms with E-state index < -0.39 is 16.8 Å². The highest BCUT2D eigenvalue weighted by atomic mass is 32.2. The molecule has 0 fully saturated rings. The van der Waals surface area contributed by atoms with Crippen molar-refractivity contribution >= 4 is 45.2 Å². The molecule has 148 valence electrons. The first-order valence-electron chi connectivity index (χ1n) is 8.65. The number of thioether (sulfide) groups is 1. The third-order valence-corrected chi connectivity index (χ3v) is 6.79. The fourth-order valence-electron chi connectivity index (χ4n) is 2.72. The Hall–Kier alpha value is -2.07. The predicted octanol–water partition coefficient (Wildman–Crippen LogP) is 2.01. The molecule has 0 saturated heterocycles. The van der Waals surface area contributed by atoms with Gasteiger partial charge in [0, 0.05) is 13.1 Å². The lowest BCUT2D eigenvalue weighted by Crippen LogP contribution is -2.38. The van der Waals surface area contributed by atoms with Crippen LogP contribution in [0.3, 0.4) is 0 Å². The molecule has 2 aromatic heterocycles. The lowest BCUT2D eigenvalue weighted by Gasteiger charge is -2.24. The van der Waals surface area contributed by atoms with Gasteiger partial charge in [-0.3, -0.25) is 9.59 Å². The Kier molecular flexibility index (Phi) is 6.88. The summed E-state index contributed by atoms with van der Waals surface area (Å²) in [5, 5.41) is 0.151. The van der Waals surface area contributed by atoms with Crippen molar-refractivity contribution in [1.82, 2.24) is 14.6 Å². The number of aryl methyl sites for hydroxylation is 1. The maximum absolute atomic E-state index is 12.7. The van der Waals surface area contributed by atoms with Crippen molar-refractivity contribution in [2.45, 2.75) is 44.5 Å². The number of hydrogen-bond donors (Lipinski definition) is 1. The first kappa shape index (κ1) is 21.2. The van der Waals surface area contributed by atoms with Gasteiger partial charge in [0.25, 0.3) is 5.56 Å². The van der Waals surface area contributed by atoms with Crippen molar-refractivity contribution in [1.29, 1.82) is 0 Å². The second-order valence-corrected chi connectivity index (χ2v) is 7.99. The highest BCUT2D eigenvalue weighted by Gasteiger charge is 2.26. The Morgan fingerprint density at radius 2 is 1.96 bits per heavy atom. The zero-order valence-corrected chi connectivity index (χ0v) is 17.7. The average Bonchev–Trinajstić information content (AvgIpc) is 3.00. The molecule has 8 nitrogen and oxygen atoms in total. The van der Waals surface area contributed by atoms with Crippen molar-refractivity contribution in [3.05, 3.63) is 20.8 Å². The first-order chi connectivity index (χ1) is 12.8. The number of thiophene rings is 1. The average molecular weight is 413 g/mol. The molecule has 0 unspecified atom stereocenters. The summed E-state index contributed by atoms with van der Waals surface area (Å²) in [6, 6.07) is 0. The van der Waals surface area contributed by atoms with Gasteiger partial charge >= 0.3 is 5.97 Å². The molecule has 0 aliphatic carbocycles. The number of fused-ring (bicyclic) bond motifs is 1. The second kappa shape index (κ2) is 8.75. The van der Waals surface area contributed by atoms with E-state index in [1.807, 2.05) is 20.8 Å². The minimum atomic E-state index is -0.518. The molecular formula is C17H24N4O4S2. The summed E-state index contributed by atoms with van der Waals surface area (Å²) in [4.78, 5) is 44.2. The third-order valence-electron chi connectivity index (χ3n) is 4.30. The number of amides is 1. The second-order valence-electron chi connectivity index (χ2n) is 5.82. The van der Waals surface area contributed by atoms with Gasteiger partial charge in [-0.1, -0.05) is 18.7 Å². The van der Waals surface area contributed by atoms with E-state index in [2.05, 4.69) is 4.98 Å². The summed E-state index contributed by atoms with van der Waals surface area (Å²) in [5.41, 5.74) is 0.0536. The minimum absolute atomic E-state index is 0.0144. The van der Waals surface area contributed by atoms with E-state index in [4.69, 9.17) is 10.6 Å². The van der Waals surface area contributed by atoms with Gasteiger partial charge in [-0.2, -0.15) is 0 Å². The van der Waals surface area contributed by atoms with Gasteiger partial charge in [0.15, 0.2) is 5.16 Å². The molecule has 2 N–H and O–H groups in total. The molecule has 0 radical (unpaired) electrons. The first-order valence-corrected chi connectivity index (χ1v) is 10.3. The highest BCUT2D eigenvalue weighted by Crippen LogP contribution is 2.31. The SMILES string of the molecule is CC[C@@H](Sc1nc2sc(C(=O)OC)c(C)c2c(=O)n1N)C(=O)N(CC)CC. The van der Waals surface area contributed by atoms with Crippen molar-refractivity contribution < 1.29 is 14.3 Å². The van der Waals surface area contributed by atoms with E-state index >= 15 is 0 Å². The molecule has 1 atom stereocenters. The maximum Gasteiger partial charge on any atom is 0.348 e. The molecule has 2 heterocycles. The molecule has 10 heteroatoms. The van der Waals surface area contributed by atoms with Crippen LogP contribution >= 0.6 is 23.1 Å². The number of carbonyl (C=O) groups excluding carboxylic acids is 2. The van der Waals surface area contributed by atoms with Crippen LogP contribution < -0.4 is 11.4 Å². The van der Waals surface area contributed by atoms with Crippen molar-refractivity contribution in [2.24, 2.45) is 0 Å². The number of nitrogens with two attached hydrogens (primary N) is 1. The van der Waals surface area contributed by atoms with E-state index in [9.17, 15) is 14.4 Å². The van der Waals surface area contributed by atoms with Gasteiger partial charge in [-0.25, -0.2) is 14.5 Å². The third kappa shape index (κ3) is 3.96. The molecule has 2 aromatic rings. The summed E-state index contributed by atoms with van der Waals surface area (Å²) >= 11 is 2.26. The zero-order valence-electron chi connectivity index (χ0n) is 16.1. The van der Waals surface area contributed by atoms with Crippen LogP contribution in [0, 0.1) is 6.92 Å². The number of carbonyl (C=O) groups is 2. The Bertz CT molecular complexity index is 918. The van der Waals surface area contributed by atoms with E-state index in [0.717, 1.165) is 16.0 Å².